The molecule has 0 spiro atoms. The highest BCUT2D eigenvalue weighted by molar-refractivity contribution is 9.10. The van der Waals surface area contributed by atoms with Crippen LogP contribution in [0.1, 0.15) is 12.0 Å². The molecule has 1 aromatic rings. The summed E-state index contributed by atoms with van der Waals surface area (Å²) in [6, 6.07) is 6.69. The first kappa shape index (κ1) is 16.1. The molecule has 0 fully saturated rings. The summed E-state index contributed by atoms with van der Waals surface area (Å²) in [7, 11) is 0. The van der Waals surface area contributed by atoms with Crippen LogP contribution in [0.25, 0.3) is 0 Å². The van der Waals surface area contributed by atoms with E-state index in [0.29, 0.717) is 10.0 Å². The van der Waals surface area contributed by atoms with Crippen LogP contribution in [0.4, 0.5) is 26.3 Å². The Morgan fingerprint density at radius 1 is 1.00 bits per heavy atom. The lowest BCUT2D eigenvalue weighted by Crippen LogP contribution is -2.26. The predicted molar refractivity (Wildman–Crippen MR) is 62.7 cm³/mol. The zero-order valence-corrected chi connectivity index (χ0v) is 11.0. The Balaban J connectivity index is 2.82. The second-order valence-corrected chi connectivity index (χ2v) is 4.60. The van der Waals surface area contributed by atoms with Crippen LogP contribution in [-0.2, 0) is 6.42 Å². The van der Waals surface area contributed by atoms with Gasteiger partial charge in [0.1, 0.15) is 5.57 Å². The zero-order valence-electron chi connectivity index (χ0n) is 9.45. The van der Waals surface area contributed by atoms with Gasteiger partial charge >= 0.3 is 12.4 Å². The van der Waals surface area contributed by atoms with Crippen molar-refractivity contribution in [3.63, 3.8) is 0 Å². The van der Waals surface area contributed by atoms with E-state index in [1.165, 1.54) is 0 Å². The van der Waals surface area contributed by atoms with Crippen molar-refractivity contribution in [2.24, 2.45) is 0 Å². The normalized spacial score (nSPS) is 12.4. The molecule has 0 aliphatic rings. The number of hydrogen-bond acceptors (Lipinski definition) is 0. The highest BCUT2D eigenvalue weighted by Crippen LogP contribution is 2.38. The van der Waals surface area contributed by atoms with Crippen molar-refractivity contribution in [1.82, 2.24) is 0 Å². The minimum atomic E-state index is -5.38. The molecule has 0 saturated carbocycles. The molecule has 0 bridgehead atoms. The Hall–Kier alpha value is -0.980. The molecule has 0 N–H and O–H groups in total. The van der Waals surface area contributed by atoms with Crippen molar-refractivity contribution in [2.45, 2.75) is 25.2 Å². The van der Waals surface area contributed by atoms with Crippen molar-refractivity contribution < 1.29 is 26.3 Å². The largest absolute Gasteiger partial charge is 0.420 e. The molecular weight excluding hydrogens is 338 g/mol. The number of allylic oxidation sites excluding steroid dienone is 2. The van der Waals surface area contributed by atoms with Crippen molar-refractivity contribution in [2.75, 3.05) is 0 Å². The average Bonchev–Trinajstić information content (AvgIpc) is 2.23. The molecule has 0 nitrogen and oxygen atoms in total. The summed E-state index contributed by atoms with van der Waals surface area (Å²) in [6.07, 6.45) is -10.8. The van der Waals surface area contributed by atoms with Crippen LogP contribution in [0.5, 0.6) is 0 Å². The van der Waals surface area contributed by atoms with Gasteiger partial charge in [-0.15, -0.1) is 0 Å². The predicted octanol–water partition coefficient (Wildman–Crippen LogP) is 5.43. The summed E-state index contributed by atoms with van der Waals surface area (Å²) >= 11 is 3.18. The summed E-state index contributed by atoms with van der Waals surface area (Å²) in [4.78, 5) is 0. The molecule has 0 saturated heterocycles. The lowest BCUT2D eigenvalue weighted by atomic mass is 10.1. The summed E-state index contributed by atoms with van der Waals surface area (Å²) in [5.74, 6) is 0. The van der Waals surface area contributed by atoms with E-state index in [2.05, 4.69) is 15.9 Å². The fraction of sp³-hybridized carbons (Fsp3) is 0.333. The first-order valence-corrected chi connectivity index (χ1v) is 5.99. The van der Waals surface area contributed by atoms with E-state index in [0.717, 1.165) is 0 Å². The third-order valence-electron chi connectivity index (χ3n) is 2.33. The Morgan fingerprint density at radius 3 is 2.00 bits per heavy atom. The standard InChI is InChI=1S/C12H9BrF6/c13-9-6-2-1-4-8(9)5-3-7-10(11(14,15)16)12(17,18)19/h1-2,4,6-7H,3,5H2. The molecule has 1 aromatic carbocycles. The van der Waals surface area contributed by atoms with Crippen LogP contribution in [-0.4, -0.2) is 12.4 Å². The van der Waals surface area contributed by atoms with E-state index in [9.17, 15) is 26.3 Å². The molecular formula is C12H9BrF6. The van der Waals surface area contributed by atoms with Crippen LogP contribution >= 0.6 is 15.9 Å². The molecule has 19 heavy (non-hydrogen) atoms. The van der Waals surface area contributed by atoms with E-state index < -0.39 is 17.9 Å². The van der Waals surface area contributed by atoms with Gasteiger partial charge in [-0.1, -0.05) is 40.2 Å². The fourth-order valence-electron chi connectivity index (χ4n) is 1.47. The molecule has 106 valence electrons. The van der Waals surface area contributed by atoms with E-state index in [4.69, 9.17) is 0 Å². The van der Waals surface area contributed by atoms with Gasteiger partial charge in [0, 0.05) is 4.47 Å². The number of aryl methyl sites for hydroxylation is 1. The quantitative estimate of drug-likeness (QED) is 0.505. The number of rotatable bonds is 3. The minimum Gasteiger partial charge on any atom is -0.166 e. The molecule has 0 aliphatic carbocycles. The van der Waals surface area contributed by atoms with Crippen LogP contribution < -0.4 is 0 Å². The minimum absolute atomic E-state index is 0.0943. The van der Waals surface area contributed by atoms with Gasteiger partial charge in [0.25, 0.3) is 0 Å². The Bertz CT molecular complexity index is 442. The third-order valence-corrected chi connectivity index (χ3v) is 3.10. The highest BCUT2D eigenvalue weighted by Gasteiger charge is 2.50. The molecule has 0 heterocycles. The van der Waals surface area contributed by atoms with E-state index in [-0.39, 0.29) is 18.9 Å². The second kappa shape index (κ2) is 5.98. The number of alkyl halides is 6. The average molecular weight is 347 g/mol. The second-order valence-electron chi connectivity index (χ2n) is 3.74. The molecule has 0 aliphatic heterocycles. The van der Waals surface area contributed by atoms with Gasteiger partial charge in [-0.3, -0.25) is 0 Å². The van der Waals surface area contributed by atoms with Crippen molar-refractivity contribution in [3.05, 3.63) is 46.0 Å². The third kappa shape index (κ3) is 4.89. The van der Waals surface area contributed by atoms with Crippen molar-refractivity contribution >= 4 is 15.9 Å². The first-order valence-electron chi connectivity index (χ1n) is 5.20. The number of benzene rings is 1. The first-order chi connectivity index (χ1) is 8.62. The Labute approximate surface area is 114 Å². The van der Waals surface area contributed by atoms with Gasteiger partial charge in [-0.05, 0) is 24.5 Å². The molecule has 0 unspecified atom stereocenters. The van der Waals surface area contributed by atoms with Crippen molar-refractivity contribution in [3.8, 4) is 0 Å². The van der Waals surface area contributed by atoms with Gasteiger partial charge in [-0.25, -0.2) is 0 Å². The summed E-state index contributed by atoms with van der Waals surface area (Å²) in [5.41, 5.74) is -1.80. The van der Waals surface area contributed by atoms with E-state index >= 15 is 0 Å². The topological polar surface area (TPSA) is 0 Å². The van der Waals surface area contributed by atoms with Gasteiger partial charge in [-0.2, -0.15) is 26.3 Å². The lowest BCUT2D eigenvalue weighted by Gasteiger charge is -2.14. The monoisotopic (exact) mass is 346 g/mol. The molecule has 0 amide bonds. The molecule has 0 atom stereocenters. The number of halogens is 7. The van der Waals surface area contributed by atoms with Crippen LogP contribution in [0, 0.1) is 0 Å². The van der Waals surface area contributed by atoms with Gasteiger partial charge in [0.2, 0.25) is 0 Å². The van der Waals surface area contributed by atoms with Gasteiger partial charge in [0.15, 0.2) is 0 Å². The smallest absolute Gasteiger partial charge is 0.166 e. The summed E-state index contributed by atoms with van der Waals surface area (Å²) in [5, 5.41) is 0. The van der Waals surface area contributed by atoms with E-state index in [1.807, 2.05) is 0 Å². The maximum absolute atomic E-state index is 12.2. The number of hydrogen-bond donors (Lipinski definition) is 0. The molecule has 0 radical (unpaired) electrons. The highest BCUT2D eigenvalue weighted by atomic mass is 79.9. The Morgan fingerprint density at radius 2 is 1.53 bits per heavy atom. The maximum Gasteiger partial charge on any atom is 0.420 e. The van der Waals surface area contributed by atoms with Crippen LogP contribution in [0.3, 0.4) is 0 Å². The zero-order chi connectivity index (χ0) is 14.7. The fourth-order valence-corrected chi connectivity index (χ4v) is 1.95. The van der Waals surface area contributed by atoms with Crippen LogP contribution in [0.15, 0.2) is 40.4 Å². The molecule has 0 aromatic heterocycles. The summed E-state index contributed by atoms with van der Waals surface area (Å²) < 4.78 is 74.0. The molecule has 1 rings (SSSR count). The Kier molecular flexibility index (Phi) is 5.06. The molecule has 7 heteroatoms. The lowest BCUT2D eigenvalue weighted by molar-refractivity contribution is -0.172. The van der Waals surface area contributed by atoms with Crippen LogP contribution in [0.2, 0.25) is 0 Å². The maximum atomic E-state index is 12.2. The SMILES string of the molecule is FC(F)(F)C(=CCCc1ccccc1Br)C(F)(F)F. The van der Waals surface area contributed by atoms with Crippen molar-refractivity contribution in [1.29, 1.82) is 0 Å². The summed E-state index contributed by atoms with van der Waals surface area (Å²) in [6.45, 7) is 0. The van der Waals surface area contributed by atoms with Gasteiger partial charge in [0.05, 0.1) is 0 Å². The van der Waals surface area contributed by atoms with E-state index in [1.54, 1.807) is 24.3 Å². The van der Waals surface area contributed by atoms with Gasteiger partial charge < -0.3 is 0 Å².